The molecule has 1 unspecified atom stereocenters. The van der Waals surface area contributed by atoms with Crippen molar-refractivity contribution in [1.29, 1.82) is 0 Å². The van der Waals surface area contributed by atoms with E-state index in [1.165, 1.54) is 48.5 Å². The first-order valence-electron chi connectivity index (χ1n) is 21.9. The number of nitrogens with zero attached hydrogens (tertiary/aromatic N) is 2. The lowest BCUT2D eigenvalue weighted by Crippen LogP contribution is -2.33. The van der Waals surface area contributed by atoms with Crippen molar-refractivity contribution in [2.45, 2.75) is 116 Å². The molecule has 0 saturated carbocycles. The van der Waals surface area contributed by atoms with Gasteiger partial charge in [-0.05, 0) is 132 Å². The predicted molar refractivity (Wildman–Crippen MR) is 248 cm³/mol. The molecule has 6 aromatic rings. The number of hydrogen-bond donors (Lipinski definition) is 4. The minimum Gasteiger partial charge on any atom is -0.481 e. The summed E-state index contributed by atoms with van der Waals surface area (Å²) >= 11 is 0. The molecule has 0 spiro atoms. The van der Waals surface area contributed by atoms with Gasteiger partial charge in [0.2, 0.25) is 0 Å². The minimum absolute atomic E-state index is 0. The SMILES string of the molecule is CC(C)c1cc(-c2ccc(F)cc2)c(-c2ccc(F)cc2)n1CCC1C[C@@H](O)CC(=O)O1.CC(C)c1cc(-c2ccc(F)cc2)c(-c2ccc(F)cc2)n1CC[C@@H](O)C[C@@H](O)CC(=O)O.[B]. The maximum atomic E-state index is 13.6. The molecule has 3 heterocycles. The van der Waals surface area contributed by atoms with E-state index in [2.05, 4.69) is 29.0 Å². The highest BCUT2D eigenvalue weighted by atomic mass is 19.1. The summed E-state index contributed by atoms with van der Waals surface area (Å²) in [6, 6.07) is 29.1. The Kier molecular flexibility index (Phi) is 17.8. The van der Waals surface area contributed by atoms with Crippen molar-refractivity contribution >= 4 is 20.4 Å². The van der Waals surface area contributed by atoms with Gasteiger partial charge in [-0.3, -0.25) is 9.59 Å². The minimum atomic E-state index is -1.13. The highest BCUT2D eigenvalue weighted by molar-refractivity contribution is 5.84. The first-order chi connectivity index (χ1) is 31.0. The van der Waals surface area contributed by atoms with E-state index in [4.69, 9.17) is 9.84 Å². The van der Waals surface area contributed by atoms with Gasteiger partial charge in [0.15, 0.2) is 0 Å². The van der Waals surface area contributed by atoms with Gasteiger partial charge in [-0.1, -0.05) is 52.0 Å². The number of aliphatic carboxylic acids is 1. The first-order valence-corrected chi connectivity index (χ1v) is 21.9. The highest BCUT2D eigenvalue weighted by Gasteiger charge is 2.29. The van der Waals surface area contributed by atoms with Crippen LogP contribution in [0.1, 0.15) is 89.4 Å². The topological polar surface area (TPSA) is 134 Å². The number of aromatic nitrogens is 2. The number of hydrogen-bond acceptors (Lipinski definition) is 6. The van der Waals surface area contributed by atoms with Gasteiger partial charge in [0.05, 0.1) is 42.5 Å². The lowest BCUT2D eigenvalue weighted by Gasteiger charge is -2.27. The molecule has 2 aromatic heterocycles. The fourth-order valence-electron chi connectivity index (χ4n) is 8.42. The molecule has 1 fully saturated rings. The van der Waals surface area contributed by atoms with Crippen LogP contribution in [0.25, 0.3) is 44.8 Å². The Hall–Kier alpha value is -5.96. The van der Waals surface area contributed by atoms with Gasteiger partial charge in [-0.2, -0.15) is 0 Å². The van der Waals surface area contributed by atoms with Crippen molar-refractivity contribution in [1.82, 2.24) is 9.13 Å². The van der Waals surface area contributed by atoms with Gasteiger partial charge in [-0.25, -0.2) is 17.6 Å². The van der Waals surface area contributed by atoms with Crippen molar-refractivity contribution in [3.63, 3.8) is 0 Å². The number of carboxylic acids is 1. The van der Waals surface area contributed by atoms with E-state index < -0.39 is 30.7 Å². The maximum Gasteiger partial charge on any atom is 0.308 e. The number of carbonyl (C=O) groups excluding carboxylic acids is 1. The van der Waals surface area contributed by atoms with Crippen LogP contribution in [0.3, 0.4) is 0 Å². The molecule has 347 valence electrons. The Labute approximate surface area is 384 Å². The van der Waals surface area contributed by atoms with Crippen LogP contribution in [0, 0.1) is 23.3 Å². The van der Waals surface area contributed by atoms with E-state index in [-0.39, 0.29) is 68.4 Å². The van der Waals surface area contributed by atoms with Crippen LogP contribution in [0.2, 0.25) is 0 Å². The molecule has 3 radical (unpaired) electrons. The summed E-state index contributed by atoms with van der Waals surface area (Å²) in [5, 5.41) is 39.0. The number of cyclic esters (lactones) is 1. The number of aliphatic hydroxyl groups is 3. The number of carbonyl (C=O) groups is 2. The van der Waals surface area contributed by atoms with Gasteiger partial charge in [0, 0.05) is 56.9 Å². The Morgan fingerprint density at radius 2 is 1.05 bits per heavy atom. The molecule has 0 bridgehead atoms. The van der Waals surface area contributed by atoms with Crippen LogP contribution >= 0.6 is 0 Å². The molecule has 4 N–H and O–H groups in total. The third-order valence-electron chi connectivity index (χ3n) is 11.5. The maximum absolute atomic E-state index is 13.6. The number of esters is 1. The molecular formula is C52H56BF4N2O7. The molecular weight excluding hydrogens is 851 g/mol. The standard InChI is InChI=1S/C26H29F2NO4.C26H27F2NO3.B/c1-16(2)24-15-23(17-3-7-19(27)8-4-17)26(18-5-9-20(28)10-6-18)29(24)12-11-21(30)13-22(31)14-25(32)33;1-16(2)24-15-23(17-3-7-19(27)8-4-17)26(18-5-9-20(28)10-6-18)29(24)12-11-22-13-21(30)14-25(31)32-22;/h3-10,15-16,21-22,30-31H,11-14H2,1-2H3,(H,32,33);3-10,15-16,21-22,30H,11-14H2,1-2H3;/t21-,22-;21-,22?;/m11./s1. The quantitative estimate of drug-likeness (QED) is 0.0432. The largest absolute Gasteiger partial charge is 0.481 e. The second-order valence-electron chi connectivity index (χ2n) is 17.2. The fourth-order valence-corrected chi connectivity index (χ4v) is 8.42. The molecule has 0 amide bonds. The van der Waals surface area contributed by atoms with Gasteiger partial charge < -0.3 is 34.3 Å². The smallest absolute Gasteiger partial charge is 0.308 e. The molecule has 1 aliphatic rings. The molecule has 4 atom stereocenters. The average molecular weight is 908 g/mol. The Balaban J connectivity index is 0.000000244. The summed E-state index contributed by atoms with van der Waals surface area (Å²) in [6.07, 6.45) is -2.22. The van der Waals surface area contributed by atoms with Crippen molar-refractivity contribution in [2.24, 2.45) is 0 Å². The van der Waals surface area contributed by atoms with Gasteiger partial charge in [0.1, 0.15) is 29.4 Å². The molecule has 7 rings (SSSR count). The summed E-state index contributed by atoms with van der Waals surface area (Å²) in [5.74, 6) is -2.49. The number of benzene rings is 4. The normalized spacial score (nSPS) is 15.7. The third kappa shape index (κ3) is 13.1. The number of halogens is 4. The van der Waals surface area contributed by atoms with Crippen molar-refractivity contribution in [2.75, 3.05) is 0 Å². The van der Waals surface area contributed by atoms with Crippen LogP contribution in [-0.2, 0) is 27.4 Å². The number of rotatable bonds is 16. The second-order valence-corrected chi connectivity index (χ2v) is 17.2. The third-order valence-corrected chi connectivity index (χ3v) is 11.5. The van der Waals surface area contributed by atoms with Crippen molar-refractivity contribution < 1.29 is 52.3 Å². The zero-order valence-electron chi connectivity index (χ0n) is 37.5. The van der Waals surface area contributed by atoms with Gasteiger partial charge >= 0.3 is 11.9 Å². The second kappa shape index (κ2) is 23.0. The van der Waals surface area contributed by atoms with E-state index in [1.807, 2.05) is 19.9 Å². The number of ether oxygens (including phenoxy) is 1. The lowest BCUT2D eigenvalue weighted by molar-refractivity contribution is -0.160. The van der Waals surface area contributed by atoms with E-state index in [9.17, 15) is 42.5 Å². The zero-order chi connectivity index (χ0) is 46.9. The van der Waals surface area contributed by atoms with E-state index in [0.29, 0.717) is 32.4 Å². The van der Waals surface area contributed by atoms with Crippen molar-refractivity contribution in [3.05, 3.63) is 144 Å². The summed E-state index contributed by atoms with van der Waals surface area (Å²) in [4.78, 5) is 22.5. The molecule has 9 nitrogen and oxygen atoms in total. The highest BCUT2D eigenvalue weighted by Crippen LogP contribution is 2.40. The van der Waals surface area contributed by atoms with Crippen LogP contribution in [0.15, 0.2) is 109 Å². The predicted octanol–water partition coefficient (Wildman–Crippen LogP) is 10.5. The van der Waals surface area contributed by atoms with E-state index in [0.717, 1.165) is 56.2 Å². The van der Waals surface area contributed by atoms with Gasteiger partial charge in [-0.15, -0.1) is 0 Å². The Bertz CT molecular complexity index is 2520. The van der Waals surface area contributed by atoms with E-state index in [1.54, 1.807) is 48.5 Å². The summed E-state index contributed by atoms with van der Waals surface area (Å²) < 4.78 is 64.1. The lowest BCUT2D eigenvalue weighted by atomic mass is 10.0. The summed E-state index contributed by atoms with van der Waals surface area (Å²) in [6.45, 7) is 9.25. The van der Waals surface area contributed by atoms with E-state index >= 15 is 0 Å². The van der Waals surface area contributed by atoms with Gasteiger partial charge in [0.25, 0.3) is 0 Å². The number of carboxylic acid groups (broad SMARTS) is 1. The molecule has 14 heteroatoms. The van der Waals surface area contributed by atoms with Crippen molar-refractivity contribution in [3.8, 4) is 44.8 Å². The van der Waals surface area contributed by atoms with Crippen LogP contribution in [-0.4, -0.2) is 74.3 Å². The Morgan fingerprint density at radius 3 is 1.42 bits per heavy atom. The number of aliphatic hydroxyl groups excluding tert-OH is 3. The molecule has 66 heavy (non-hydrogen) atoms. The average Bonchev–Trinajstić information content (AvgIpc) is 3.83. The molecule has 4 aromatic carbocycles. The van der Waals surface area contributed by atoms with Crippen LogP contribution in [0.4, 0.5) is 17.6 Å². The van der Waals surface area contributed by atoms with Crippen LogP contribution < -0.4 is 0 Å². The Morgan fingerprint density at radius 1 is 0.652 bits per heavy atom. The monoisotopic (exact) mass is 907 g/mol. The molecule has 1 saturated heterocycles. The zero-order valence-corrected chi connectivity index (χ0v) is 37.5. The summed E-state index contributed by atoms with van der Waals surface area (Å²) in [7, 11) is 0. The van der Waals surface area contributed by atoms with Crippen LogP contribution in [0.5, 0.6) is 0 Å². The molecule has 0 aliphatic carbocycles. The summed E-state index contributed by atoms with van der Waals surface area (Å²) in [5.41, 5.74) is 8.90. The molecule has 1 aliphatic heterocycles. The fraction of sp³-hybridized carbons (Fsp3) is 0.346. The first kappa shape index (κ1) is 51.0.